The van der Waals surface area contributed by atoms with E-state index in [0.717, 1.165) is 43.8 Å². The van der Waals surface area contributed by atoms with Crippen LogP contribution in [0.15, 0.2) is 36.4 Å². The van der Waals surface area contributed by atoms with Crippen molar-refractivity contribution in [1.29, 1.82) is 0 Å². The monoisotopic (exact) mass is 398 g/mol. The summed E-state index contributed by atoms with van der Waals surface area (Å²) in [7, 11) is 0. The van der Waals surface area contributed by atoms with E-state index in [2.05, 4.69) is 47.9 Å². The lowest BCUT2D eigenvalue weighted by Gasteiger charge is -2.40. The van der Waals surface area contributed by atoms with Crippen LogP contribution in [0, 0.1) is 0 Å². The molecule has 1 aromatic heterocycles. The number of amides is 1. The van der Waals surface area contributed by atoms with Gasteiger partial charge in [0.05, 0.1) is 4.88 Å². The van der Waals surface area contributed by atoms with Crippen molar-refractivity contribution < 1.29 is 9.53 Å². The second-order valence-electron chi connectivity index (χ2n) is 8.12. The molecule has 4 nitrogen and oxygen atoms in total. The van der Waals surface area contributed by atoms with Crippen molar-refractivity contribution in [2.75, 3.05) is 19.8 Å². The first kappa shape index (κ1) is 19.6. The molecule has 2 aromatic rings. The molecule has 0 spiro atoms. The summed E-state index contributed by atoms with van der Waals surface area (Å²) in [4.78, 5) is 15.1. The fourth-order valence-electron chi connectivity index (χ4n) is 4.36. The molecule has 0 saturated carbocycles. The summed E-state index contributed by atoms with van der Waals surface area (Å²) >= 11 is 1.68. The lowest BCUT2D eigenvalue weighted by atomic mass is 9.88. The fraction of sp³-hybridized carbons (Fsp3) is 0.522. The molecule has 0 radical (unpaired) electrons. The van der Waals surface area contributed by atoms with Crippen molar-refractivity contribution in [3.63, 3.8) is 0 Å². The van der Waals surface area contributed by atoms with Crippen molar-refractivity contribution in [2.45, 2.75) is 57.0 Å². The highest BCUT2D eigenvalue weighted by Crippen LogP contribution is 2.30. The van der Waals surface area contributed by atoms with Gasteiger partial charge in [-0.3, -0.25) is 4.79 Å². The molecule has 0 unspecified atom stereocenters. The lowest BCUT2D eigenvalue weighted by Crippen LogP contribution is -2.57. The van der Waals surface area contributed by atoms with Crippen LogP contribution in [-0.4, -0.2) is 31.2 Å². The van der Waals surface area contributed by atoms with Crippen LogP contribution >= 0.6 is 11.3 Å². The summed E-state index contributed by atoms with van der Waals surface area (Å²) in [5.41, 5.74) is 2.53. The Morgan fingerprint density at radius 2 is 1.93 bits per heavy atom. The average molecular weight is 399 g/mol. The molecular formula is C23H30N2O2S. The average Bonchev–Trinajstić information content (AvgIpc) is 3.18. The van der Waals surface area contributed by atoms with Gasteiger partial charge in [0.2, 0.25) is 0 Å². The van der Waals surface area contributed by atoms with Gasteiger partial charge in [0.1, 0.15) is 0 Å². The second-order valence-corrected chi connectivity index (χ2v) is 9.26. The van der Waals surface area contributed by atoms with Crippen LogP contribution in [0.4, 0.5) is 0 Å². The quantitative estimate of drug-likeness (QED) is 0.765. The van der Waals surface area contributed by atoms with Crippen LogP contribution < -0.4 is 10.6 Å². The Morgan fingerprint density at radius 3 is 2.68 bits per heavy atom. The Balaban J connectivity index is 1.43. The largest absolute Gasteiger partial charge is 0.381 e. The highest BCUT2D eigenvalue weighted by Gasteiger charge is 2.34. The molecule has 0 bridgehead atoms. The van der Waals surface area contributed by atoms with E-state index < -0.39 is 0 Å². The predicted molar refractivity (Wildman–Crippen MR) is 114 cm³/mol. The normalized spacial score (nSPS) is 19.6. The van der Waals surface area contributed by atoms with Crippen molar-refractivity contribution in [3.05, 3.63) is 57.3 Å². The zero-order chi connectivity index (χ0) is 19.4. The highest BCUT2D eigenvalue weighted by molar-refractivity contribution is 7.14. The van der Waals surface area contributed by atoms with Gasteiger partial charge in [0.25, 0.3) is 5.91 Å². The molecule has 4 rings (SSSR count). The summed E-state index contributed by atoms with van der Waals surface area (Å²) < 4.78 is 5.61. The van der Waals surface area contributed by atoms with Crippen LogP contribution in [0.5, 0.6) is 0 Å². The number of carbonyl (C=O) groups excluding carboxylic acids is 1. The lowest BCUT2D eigenvalue weighted by molar-refractivity contribution is 0.0332. The van der Waals surface area contributed by atoms with Gasteiger partial charge >= 0.3 is 0 Å². The molecule has 1 aliphatic heterocycles. The van der Waals surface area contributed by atoms with Gasteiger partial charge in [0.15, 0.2) is 0 Å². The molecular weight excluding hydrogens is 368 g/mol. The highest BCUT2D eigenvalue weighted by atomic mass is 32.1. The van der Waals surface area contributed by atoms with Crippen molar-refractivity contribution in [1.82, 2.24) is 10.6 Å². The van der Waals surface area contributed by atoms with Crippen LogP contribution in [0.25, 0.3) is 0 Å². The third-order valence-corrected chi connectivity index (χ3v) is 7.32. The number of rotatable bonds is 6. The number of carbonyl (C=O) groups is 1. The Morgan fingerprint density at radius 1 is 1.18 bits per heavy atom. The summed E-state index contributed by atoms with van der Waals surface area (Å²) in [5.74, 6) is 0.0689. The van der Waals surface area contributed by atoms with Crippen molar-refractivity contribution in [2.24, 2.45) is 0 Å². The molecule has 5 heteroatoms. The smallest absolute Gasteiger partial charge is 0.261 e. The van der Waals surface area contributed by atoms with E-state index in [1.165, 1.54) is 28.8 Å². The minimum Gasteiger partial charge on any atom is -0.381 e. The zero-order valence-corrected chi connectivity index (χ0v) is 17.4. The van der Waals surface area contributed by atoms with Crippen molar-refractivity contribution >= 4 is 17.2 Å². The zero-order valence-electron chi connectivity index (χ0n) is 16.6. The number of benzene rings is 1. The predicted octanol–water partition coefficient (Wildman–Crippen LogP) is 4.26. The van der Waals surface area contributed by atoms with Gasteiger partial charge in [-0.15, -0.1) is 11.3 Å². The van der Waals surface area contributed by atoms with Crippen LogP contribution in [0.3, 0.4) is 0 Å². The van der Waals surface area contributed by atoms with Crippen LogP contribution in [0.1, 0.15) is 64.3 Å². The summed E-state index contributed by atoms with van der Waals surface area (Å²) in [6.45, 7) is 4.30. The van der Waals surface area contributed by atoms with Crippen LogP contribution in [0.2, 0.25) is 0 Å². The summed E-state index contributed by atoms with van der Waals surface area (Å²) in [6.07, 6.45) is 6.56. The van der Waals surface area contributed by atoms with E-state index in [1.807, 2.05) is 6.07 Å². The van der Waals surface area contributed by atoms with Gasteiger partial charge in [-0.1, -0.05) is 30.3 Å². The molecule has 1 aromatic carbocycles. The standard InChI is InChI=1S/C23H30N2O2S/c1-17(18-7-3-2-4-8-18)25-23(11-13-27-14-12-23)16-24-22(26)21-15-19-9-5-6-10-20(19)28-21/h2-4,7-8,15,17,25H,5-6,9-14,16H2,1H3,(H,24,26)/t17-/m0/s1. The first-order valence-corrected chi connectivity index (χ1v) is 11.3. The number of fused-ring (bicyclic) bond motifs is 1. The Hall–Kier alpha value is -1.69. The number of hydrogen-bond acceptors (Lipinski definition) is 4. The SMILES string of the molecule is C[C@H](NC1(CNC(=O)c2cc3c(s2)CCCC3)CCOCC1)c1ccccc1. The third kappa shape index (κ3) is 4.48. The van der Waals surface area contributed by atoms with Crippen LogP contribution in [-0.2, 0) is 17.6 Å². The van der Waals surface area contributed by atoms with E-state index in [1.54, 1.807) is 11.3 Å². The maximum atomic E-state index is 12.8. The summed E-state index contributed by atoms with van der Waals surface area (Å²) in [5, 5.41) is 7.04. The van der Waals surface area contributed by atoms with Gasteiger partial charge in [-0.25, -0.2) is 0 Å². The Labute approximate surface area is 171 Å². The first-order chi connectivity index (χ1) is 13.7. The minimum absolute atomic E-state index is 0.0689. The van der Waals surface area contributed by atoms with Gasteiger partial charge in [0, 0.05) is 36.2 Å². The molecule has 1 aliphatic carbocycles. The fourth-order valence-corrected chi connectivity index (χ4v) is 5.53. The molecule has 1 saturated heterocycles. The topological polar surface area (TPSA) is 50.4 Å². The second kappa shape index (κ2) is 8.76. The Kier molecular flexibility index (Phi) is 6.14. The van der Waals surface area contributed by atoms with E-state index in [4.69, 9.17) is 4.74 Å². The molecule has 2 heterocycles. The molecule has 1 atom stereocenters. The molecule has 2 N–H and O–H groups in total. The number of hydrogen-bond donors (Lipinski definition) is 2. The molecule has 1 amide bonds. The number of nitrogens with one attached hydrogen (secondary N) is 2. The summed E-state index contributed by atoms with van der Waals surface area (Å²) in [6, 6.07) is 12.8. The first-order valence-electron chi connectivity index (χ1n) is 10.5. The molecule has 150 valence electrons. The van der Waals surface area contributed by atoms with E-state index in [-0.39, 0.29) is 17.5 Å². The number of aryl methyl sites for hydroxylation is 2. The number of ether oxygens (including phenoxy) is 1. The minimum atomic E-state index is -0.125. The maximum absolute atomic E-state index is 12.8. The van der Waals surface area contributed by atoms with Gasteiger partial charge in [-0.2, -0.15) is 0 Å². The van der Waals surface area contributed by atoms with E-state index in [9.17, 15) is 4.79 Å². The molecule has 2 aliphatic rings. The number of thiophene rings is 1. The van der Waals surface area contributed by atoms with Gasteiger partial charge < -0.3 is 15.4 Å². The van der Waals surface area contributed by atoms with Gasteiger partial charge in [-0.05, 0) is 62.6 Å². The Bertz CT molecular complexity index is 773. The van der Waals surface area contributed by atoms with E-state index in [0.29, 0.717) is 6.54 Å². The third-order valence-electron chi connectivity index (χ3n) is 6.08. The maximum Gasteiger partial charge on any atom is 0.261 e. The van der Waals surface area contributed by atoms with E-state index >= 15 is 0 Å². The van der Waals surface area contributed by atoms with Crippen molar-refractivity contribution in [3.8, 4) is 0 Å². The molecule has 1 fully saturated rings. The molecule has 28 heavy (non-hydrogen) atoms.